The van der Waals surface area contributed by atoms with Crippen molar-refractivity contribution < 1.29 is 18.7 Å². The Morgan fingerprint density at radius 3 is 2.71 bits per heavy atom. The third kappa shape index (κ3) is 4.09. The first-order valence-corrected chi connectivity index (χ1v) is 11.6. The second kappa shape index (κ2) is 9.02. The lowest BCUT2D eigenvalue weighted by Crippen LogP contribution is -2.34. The Morgan fingerprint density at radius 1 is 1.14 bits per heavy atom. The highest BCUT2D eigenvalue weighted by Crippen LogP contribution is 2.45. The van der Waals surface area contributed by atoms with Gasteiger partial charge >= 0.3 is 5.97 Å². The van der Waals surface area contributed by atoms with Crippen LogP contribution >= 0.6 is 0 Å². The number of esters is 1. The van der Waals surface area contributed by atoms with Gasteiger partial charge in [-0.15, -0.1) is 0 Å². The summed E-state index contributed by atoms with van der Waals surface area (Å²) in [5, 5.41) is 5.38. The molecule has 0 aliphatic heterocycles. The van der Waals surface area contributed by atoms with Crippen LogP contribution in [0.4, 0.5) is 4.39 Å². The molecule has 35 heavy (non-hydrogen) atoms. The summed E-state index contributed by atoms with van der Waals surface area (Å²) < 4.78 is 27.5. The molecule has 6 heteroatoms. The highest BCUT2D eigenvalue weighted by molar-refractivity contribution is 5.92. The largest absolute Gasteiger partial charge is 0.497 e. The summed E-state index contributed by atoms with van der Waals surface area (Å²) in [6.45, 7) is 1.85. The van der Waals surface area contributed by atoms with E-state index in [1.165, 1.54) is 6.07 Å². The molecular formula is C29H27FN2O3. The first-order valence-electron chi connectivity index (χ1n) is 11.6. The van der Waals surface area contributed by atoms with E-state index in [4.69, 9.17) is 9.47 Å². The molecule has 0 saturated heterocycles. The molecule has 0 saturated carbocycles. The van der Waals surface area contributed by atoms with Crippen molar-refractivity contribution >= 4 is 22.4 Å². The van der Waals surface area contributed by atoms with Crippen molar-refractivity contribution in [2.24, 2.45) is 7.05 Å². The predicted molar refractivity (Wildman–Crippen MR) is 134 cm³/mol. The van der Waals surface area contributed by atoms with E-state index in [1.54, 1.807) is 20.1 Å². The predicted octanol–water partition coefficient (Wildman–Crippen LogP) is 5.89. The number of aryl methyl sites for hydroxylation is 1. The molecule has 0 spiro atoms. The number of carbonyl (C=O) groups is 1. The quantitative estimate of drug-likeness (QED) is 0.330. The molecule has 0 N–H and O–H groups in total. The molecule has 1 aliphatic rings. The normalized spacial score (nSPS) is 17.4. The molecule has 5 rings (SSSR count). The topological polar surface area (TPSA) is 53.4 Å². The molecule has 0 radical (unpaired) electrons. The molecule has 5 nitrogen and oxygen atoms in total. The van der Waals surface area contributed by atoms with Gasteiger partial charge in [-0.2, -0.15) is 5.10 Å². The van der Waals surface area contributed by atoms with E-state index in [9.17, 15) is 9.18 Å². The summed E-state index contributed by atoms with van der Waals surface area (Å²) in [5.41, 5.74) is 3.99. The maximum absolute atomic E-state index is 14.6. The average Bonchev–Trinajstić information content (AvgIpc) is 3.49. The summed E-state index contributed by atoms with van der Waals surface area (Å²) in [6, 6.07) is 18.5. The van der Waals surface area contributed by atoms with Gasteiger partial charge in [0.1, 0.15) is 23.6 Å². The van der Waals surface area contributed by atoms with Gasteiger partial charge in [-0.05, 0) is 71.9 Å². The number of halogens is 1. The van der Waals surface area contributed by atoms with E-state index < -0.39 is 5.41 Å². The van der Waals surface area contributed by atoms with Gasteiger partial charge in [0.25, 0.3) is 0 Å². The molecular weight excluding hydrogens is 443 g/mol. The zero-order valence-electron chi connectivity index (χ0n) is 20.0. The Morgan fingerprint density at radius 2 is 1.94 bits per heavy atom. The van der Waals surface area contributed by atoms with Crippen LogP contribution in [0.25, 0.3) is 16.5 Å². The Balaban J connectivity index is 1.52. The first-order chi connectivity index (χ1) is 16.9. The van der Waals surface area contributed by atoms with Gasteiger partial charge in [-0.1, -0.05) is 42.5 Å². The monoisotopic (exact) mass is 470 g/mol. The molecule has 0 bridgehead atoms. The number of fused-ring (bicyclic) bond motifs is 1. The van der Waals surface area contributed by atoms with Crippen LogP contribution in [-0.4, -0.2) is 22.9 Å². The molecule has 1 aliphatic carbocycles. The lowest BCUT2D eigenvalue weighted by Gasteiger charge is -2.27. The standard InChI is InChI=1S/C29H27FN2O3/c1-19-25(5-4-6-26(19)30)29(28(33)35-18-20-7-11-24(34-3)12-8-20)14-13-22(16-29)21-9-10-23-17-31-32(2)27(23)15-21/h4-12,15-17H,13-14,18H2,1-3H3/t29-/m0/s1. The molecule has 178 valence electrons. The van der Waals surface area contributed by atoms with Crippen molar-refractivity contribution in [1.29, 1.82) is 0 Å². The van der Waals surface area contributed by atoms with Crippen molar-refractivity contribution in [3.05, 3.63) is 101 Å². The molecule has 1 atom stereocenters. The number of methoxy groups -OCH3 is 1. The smallest absolute Gasteiger partial charge is 0.320 e. The molecule has 1 heterocycles. The van der Waals surface area contributed by atoms with Crippen LogP contribution < -0.4 is 4.74 Å². The first kappa shape index (κ1) is 22.8. The number of hydrogen-bond acceptors (Lipinski definition) is 4. The summed E-state index contributed by atoms with van der Waals surface area (Å²) in [4.78, 5) is 13.7. The Kier molecular flexibility index (Phi) is 5.89. The summed E-state index contributed by atoms with van der Waals surface area (Å²) in [5.74, 6) is 0.0299. The number of ether oxygens (including phenoxy) is 2. The minimum absolute atomic E-state index is 0.128. The van der Waals surface area contributed by atoms with Gasteiger partial charge in [-0.25, -0.2) is 4.39 Å². The van der Waals surface area contributed by atoms with Gasteiger partial charge in [-0.3, -0.25) is 9.48 Å². The van der Waals surface area contributed by atoms with E-state index in [0.29, 0.717) is 24.0 Å². The molecule has 0 amide bonds. The molecule has 0 unspecified atom stereocenters. The maximum atomic E-state index is 14.6. The minimum atomic E-state index is -1.06. The van der Waals surface area contributed by atoms with E-state index in [2.05, 4.69) is 11.2 Å². The summed E-state index contributed by atoms with van der Waals surface area (Å²) >= 11 is 0. The number of allylic oxidation sites excluding steroid dienone is 1. The SMILES string of the molecule is COc1ccc(COC(=O)[C@]2(c3cccc(F)c3C)C=C(c3ccc4cnn(C)c4c3)CC2)cc1. The van der Waals surface area contributed by atoms with Crippen molar-refractivity contribution in [2.75, 3.05) is 7.11 Å². The van der Waals surface area contributed by atoms with Crippen LogP contribution in [0.3, 0.4) is 0 Å². The lowest BCUT2D eigenvalue weighted by atomic mass is 9.77. The summed E-state index contributed by atoms with van der Waals surface area (Å²) in [6.07, 6.45) is 5.00. The minimum Gasteiger partial charge on any atom is -0.497 e. The second-order valence-corrected chi connectivity index (χ2v) is 9.02. The average molecular weight is 471 g/mol. The third-order valence-corrected chi connectivity index (χ3v) is 6.97. The van der Waals surface area contributed by atoms with Crippen molar-refractivity contribution in [2.45, 2.75) is 31.8 Å². The third-order valence-electron chi connectivity index (χ3n) is 6.97. The van der Waals surface area contributed by atoms with E-state index in [1.807, 2.05) is 66.5 Å². The fourth-order valence-corrected chi connectivity index (χ4v) is 4.92. The number of carbonyl (C=O) groups excluding carboxylic acids is 1. The van der Waals surface area contributed by atoms with E-state index in [-0.39, 0.29) is 18.4 Å². The van der Waals surface area contributed by atoms with Crippen molar-refractivity contribution in [3.63, 3.8) is 0 Å². The maximum Gasteiger partial charge on any atom is 0.320 e. The molecule has 4 aromatic rings. The summed E-state index contributed by atoms with van der Waals surface area (Å²) in [7, 11) is 3.52. The Labute approximate surface area is 203 Å². The van der Waals surface area contributed by atoms with Gasteiger partial charge in [0, 0.05) is 12.4 Å². The van der Waals surface area contributed by atoms with E-state index in [0.717, 1.165) is 33.4 Å². The molecule has 0 fully saturated rings. The van der Waals surface area contributed by atoms with Gasteiger partial charge in [0.15, 0.2) is 0 Å². The van der Waals surface area contributed by atoms with Crippen LogP contribution in [-0.2, 0) is 28.6 Å². The Bertz CT molecular complexity index is 1440. The zero-order chi connectivity index (χ0) is 24.6. The number of nitrogens with zero attached hydrogens (tertiary/aromatic N) is 2. The van der Waals surface area contributed by atoms with Crippen LogP contribution in [0.2, 0.25) is 0 Å². The Hall–Kier alpha value is -3.93. The fourth-order valence-electron chi connectivity index (χ4n) is 4.92. The second-order valence-electron chi connectivity index (χ2n) is 9.02. The lowest BCUT2D eigenvalue weighted by molar-refractivity contribution is -0.150. The molecule has 3 aromatic carbocycles. The van der Waals surface area contributed by atoms with Crippen LogP contribution in [0.5, 0.6) is 5.75 Å². The number of aromatic nitrogens is 2. The highest BCUT2D eigenvalue weighted by Gasteiger charge is 2.45. The number of rotatable bonds is 6. The highest BCUT2D eigenvalue weighted by atomic mass is 19.1. The van der Waals surface area contributed by atoms with Crippen LogP contribution in [0.1, 0.15) is 35.1 Å². The fraction of sp³-hybridized carbons (Fsp3) is 0.241. The van der Waals surface area contributed by atoms with Crippen LogP contribution in [0, 0.1) is 12.7 Å². The van der Waals surface area contributed by atoms with Gasteiger partial charge in [0.2, 0.25) is 0 Å². The van der Waals surface area contributed by atoms with Crippen molar-refractivity contribution in [1.82, 2.24) is 9.78 Å². The van der Waals surface area contributed by atoms with Crippen LogP contribution in [0.15, 0.2) is 72.9 Å². The number of benzene rings is 3. The van der Waals surface area contributed by atoms with E-state index >= 15 is 0 Å². The van der Waals surface area contributed by atoms with Gasteiger partial charge in [0.05, 0.1) is 18.8 Å². The van der Waals surface area contributed by atoms with Crippen molar-refractivity contribution in [3.8, 4) is 5.75 Å². The zero-order valence-corrected chi connectivity index (χ0v) is 20.0. The molecule has 1 aromatic heterocycles. The van der Waals surface area contributed by atoms with Gasteiger partial charge < -0.3 is 9.47 Å². The number of hydrogen-bond donors (Lipinski definition) is 0.